The van der Waals surface area contributed by atoms with E-state index in [4.69, 9.17) is 20.4 Å². The van der Waals surface area contributed by atoms with Gasteiger partial charge in [-0.3, -0.25) is 9.69 Å². The van der Waals surface area contributed by atoms with Crippen LogP contribution in [0.1, 0.15) is 36.0 Å². The summed E-state index contributed by atoms with van der Waals surface area (Å²) in [7, 11) is 3.65. The Bertz CT molecular complexity index is 2080. The molecule has 2 saturated heterocycles. The van der Waals surface area contributed by atoms with Crippen LogP contribution in [0.2, 0.25) is 0 Å². The SMILES string of the molecule is COc1cc(C(=O)N2CC3CCC2[C@@H]3N)cc2nc(-c3cc4ccc(-c5ccc(N6CCNC6=O)cc5)nc4n3CC3CC3)n(C)c12. The van der Waals surface area contributed by atoms with Crippen LogP contribution >= 0.6 is 0 Å². The molecule has 5 heterocycles. The number of nitrogens with one attached hydrogen (secondary N) is 1. The van der Waals surface area contributed by atoms with Gasteiger partial charge < -0.3 is 29.8 Å². The molecule has 3 amide bonds. The molecular formula is C36H38N8O3. The van der Waals surface area contributed by atoms with Crippen LogP contribution in [0, 0.1) is 11.8 Å². The minimum absolute atomic E-state index is 0.00337. The molecule has 2 unspecified atom stereocenters. The Hall–Kier alpha value is -4.90. The lowest BCUT2D eigenvalue weighted by Crippen LogP contribution is -2.41. The van der Waals surface area contributed by atoms with Crippen molar-refractivity contribution in [3.63, 3.8) is 0 Å². The van der Waals surface area contributed by atoms with Crippen LogP contribution in [0.4, 0.5) is 10.5 Å². The third-order valence-electron chi connectivity index (χ3n) is 10.8. The fourth-order valence-electron chi connectivity index (χ4n) is 8.01. The van der Waals surface area contributed by atoms with E-state index in [0.717, 1.165) is 69.9 Å². The van der Waals surface area contributed by atoms with Crippen molar-refractivity contribution in [2.24, 2.45) is 24.6 Å². The van der Waals surface area contributed by atoms with Gasteiger partial charge in [-0.15, -0.1) is 0 Å². The molecule has 0 spiro atoms. The number of benzene rings is 2. The Labute approximate surface area is 272 Å². The highest BCUT2D eigenvalue weighted by molar-refractivity contribution is 6.00. The van der Waals surface area contributed by atoms with Gasteiger partial charge in [-0.1, -0.05) is 12.1 Å². The van der Waals surface area contributed by atoms with E-state index >= 15 is 0 Å². The van der Waals surface area contributed by atoms with Crippen molar-refractivity contribution in [2.45, 2.75) is 44.3 Å². The lowest BCUT2D eigenvalue weighted by atomic mass is 10.1. The average molecular weight is 631 g/mol. The Balaban J connectivity index is 1.11. The van der Waals surface area contributed by atoms with Crippen LogP contribution < -0.4 is 20.7 Å². The Kier molecular flexibility index (Phi) is 6.37. The van der Waals surface area contributed by atoms with E-state index in [1.54, 1.807) is 12.0 Å². The fraction of sp³-hybridized carbons (Fsp3) is 0.389. The van der Waals surface area contributed by atoms with Gasteiger partial charge in [0.1, 0.15) is 16.9 Å². The van der Waals surface area contributed by atoms with Gasteiger partial charge in [-0.2, -0.15) is 0 Å². The quantitative estimate of drug-likeness (QED) is 0.267. The summed E-state index contributed by atoms with van der Waals surface area (Å²) < 4.78 is 10.2. The molecular weight excluding hydrogens is 592 g/mol. The van der Waals surface area contributed by atoms with Gasteiger partial charge >= 0.3 is 6.03 Å². The number of ether oxygens (including phenoxy) is 1. The second kappa shape index (κ2) is 10.6. The van der Waals surface area contributed by atoms with Crippen LogP contribution in [0.15, 0.2) is 54.6 Å². The van der Waals surface area contributed by atoms with E-state index in [2.05, 4.69) is 32.7 Å². The zero-order valence-corrected chi connectivity index (χ0v) is 26.6. The molecule has 3 N–H and O–H groups in total. The molecule has 2 saturated carbocycles. The Morgan fingerprint density at radius 2 is 1.87 bits per heavy atom. The molecule has 4 fully saturated rings. The number of urea groups is 1. The van der Waals surface area contributed by atoms with Crippen molar-refractivity contribution >= 4 is 39.7 Å². The first-order valence-corrected chi connectivity index (χ1v) is 16.7. The number of piperidine rings is 1. The second-order valence-corrected chi connectivity index (χ2v) is 13.6. The number of likely N-dealkylation sites (tertiary alicyclic amines) is 1. The molecule has 5 aromatic rings. The molecule has 3 atom stereocenters. The smallest absolute Gasteiger partial charge is 0.321 e. The molecule has 2 aromatic carbocycles. The van der Waals surface area contributed by atoms with Crippen molar-refractivity contribution in [3.05, 3.63) is 60.2 Å². The summed E-state index contributed by atoms with van der Waals surface area (Å²) in [5.74, 6) is 2.42. The summed E-state index contributed by atoms with van der Waals surface area (Å²) in [4.78, 5) is 39.9. The van der Waals surface area contributed by atoms with Crippen molar-refractivity contribution in [1.29, 1.82) is 0 Å². The number of aryl methyl sites for hydroxylation is 1. The summed E-state index contributed by atoms with van der Waals surface area (Å²) in [6, 6.07) is 18.2. The second-order valence-electron chi connectivity index (χ2n) is 13.6. The van der Waals surface area contributed by atoms with Crippen molar-refractivity contribution < 1.29 is 14.3 Å². The number of pyridine rings is 1. The number of carbonyl (C=O) groups excluding carboxylic acids is 2. The van der Waals surface area contributed by atoms with E-state index in [1.165, 1.54) is 12.8 Å². The van der Waals surface area contributed by atoms with Crippen LogP contribution in [0.25, 0.3) is 44.8 Å². The number of fused-ring (bicyclic) bond motifs is 4. The topological polar surface area (TPSA) is 124 Å². The number of anilines is 1. The minimum Gasteiger partial charge on any atom is -0.494 e. The summed E-state index contributed by atoms with van der Waals surface area (Å²) in [6.07, 6.45) is 4.47. The zero-order valence-electron chi connectivity index (χ0n) is 26.6. The lowest BCUT2D eigenvalue weighted by molar-refractivity contribution is 0.0700. The molecule has 2 aliphatic carbocycles. The van der Waals surface area contributed by atoms with Gasteiger partial charge in [0.2, 0.25) is 0 Å². The van der Waals surface area contributed by atoms with E-state index in [-0.39, 0.29) is 24.0 Å². The molecule has 4 aliphatic rings. The maximum atomic E-state index is 13.8. The minimum atomic E-state index is -0.0618. The molecule has 2 aliphatic heterocycles. The van der Waals surface area contributed by atoms with Gasteiger partial charge in [-0.05, 0) is 80.0 Å². The van der Waals surface area contributed by atoms with Crippen LogP contribution in [0.3, 0.4) is 0 Å². The predicted molar refractivity (Wildman–Crippen MR) is 180 cm³/mol. The molecule has 47 heavy (non-hydrogen) atoms. The normalized spacial score (nSPS) is 22.2. The summed E-state index contributed by atoms with van der Waals surface area (Å²) in [5.41, 5.74) is 13.2. The number of nitrogens with zero attached hydrogens (tertiary/aromatic N) is 6. The number of imidazole rings is 1. The van der Waals surface area contributed by atoms with Gasteiger partial charge in [0.05, 0.1) is 24.0 Å². The van der Waals surface area contributed by atoms with Gasteiger partial charge in [-0.25, -0.2) is 14.8 Å². The third kappa shape index (κ3) is 4.51. The van der Waals surface area contributed by atoms with Crippen molar-refractivity contribution in [2.75, 3.05) is 31.6 Å². The number of hydrogen-bond donors (Lipinski definition) is 2. The van der Waals surface area contributed by atoms with E-state index in [1.807, 2.05) is 48.3 Å². The number of rotatable bonds is 7. The monoisotopic (exact) mass is 630 g/mol. The highest BCUT2D eigenvalue weighted by Crippen LogP contribution is 2.40. The third-order valence-corrected chi connectivity index (χ3v) is 10.8. The fourth-order valence-corrected chi connectivity index (χ4v) is 8.01. The van der Waals surface area contributed by atoms with E-state index < -0.39 is 0 Å². The molecule has 11 nitrogen and oxygen atoms in total. The number of carbonyl (C=O) groups is 2. The molecule has 3 aromatic heterocycles. The maximum absolute atomic E-state index is 13.8. The van der Waals surface area contributed by atoms with Crippen molar-refractivity contribution in [1.82, 2.24) is 29.3 Å². The van der Waals surface area contributed by atoms with E-state index in [9.17, 15) is 9.59 Å². The van der Waals surface area contributed by atoms with Crippen LogP contribution in [0.5, 0.6) is 5.75 Å². The van der Waals surface area contributed by atoms with Gasteiger partial charge in [0, 0.05) is 67.5 Å². The van der Waals surface area contributed by atoms with E-state index in [0.29, 0.717) is 42.8 Å². The first-order chi connectivity index (χ1) is 22.9. The number of aromatic nitrogens is 4. The highest BCUT2D eigenvalue weighted by atomic mass is 16.5. The Morgan fingerprint density at radius 3 is 2.55 bits per heavy atom. The standard InChI is InChI=1S/C36H38N8O3/c1-41-32-27(15-24(17-30(32)47-2)35(45)44-19-23-8-12-28(44)31(23)37)40-34(41)29-16-22-7-11-26(39-33(22)43(29)18-20-3-4-20)21-5-9-25(10-6-21)42-14-13-38-36(42)46/h5-7,9-11,15-17,20,23,28,31H,3-4,8,12-14,18-19,37H2,1-2H3,(H,38,46)/t23?,28?,31-/m1/s1. The predicted octanol–water partition coefficient (Wildman–Crippen LogP) is 4.77. The number of hydrogen-bond acceptors (Lipinski definition) is 6. The number of methoxy groups -OCH3 is 1. The van der Waals surface area contributed by atoms with Gasteiger partial charge in [0.25, 0.3) is 5.91 Å². The first kappa shape index (κ1) is 28.3. The number of amides is 3. The van der Waals surface area contributed by atoms with Gasteiger partial charge in [0.15, 0.2) is 5.82 Å². The van der Waals surface area contributed by atoms with Crippen molar-refractivity contribution in [3.8, 4) is 28.5 Å². The zero-order chi connectivity index (χ0) is 32.0. The first-order valence-electron chi connectivity index (χ1n) is 16.7. The summed E-state index contributed by atoms with van der Waals surface area (Å²) >= 11 is 0. The summed E-state index contributed by atoms with van der Waals surface area (Å²) in [5, 5.41) is 3.90. The largest absolute Gasteiger partial charge is 0.494 e. The molecule has 2 bridgehead atoms. The molecule has 0 radical (unpaired) electrons. The average Bonchev–Trinajstić information content (AvgIpc) is 3.33. The lowest BCUT2D eigenvalue weighted by Gasteiger charge is -2.27. The molecule has 240 valence electrons. The molecule has 11 heteroatoms. The number of nitrogens with two attached hydrogens (primary N) is 1. The molecule has 9 rings (SSSR count). The summed E-state index contributed by atoms with van der Waals surface area (Å²) in [6.45, 7) is 2.90. The van der Waals surface area contributed by atoms with Crippen LogP contribution in [-0.2, 0) is 13.6 Å². The maximum Gasteiger partial charge on any atom is 0.321 e. The highest BCUT2D eigenvalue weighted by Gasteiger charge is 2.47. The Morgan fingerprint density at radius 1 is 1.04 bits per heavy atom. The van der Waals surface area contributed by atoms with Crippen LogP contribution in [-0.4, -0.2) is 74.8 Å².